The van der Waals surface area contributed by atoms with Crippen LogP contribution < -0.4 is 0 Å². The van der Waals surface area contributed by atoms with E-state index in [2.05, 4.69) is 26.2 Å². The second-order valence-electron chi connectivity index (χ2n) is 3.17. The Hall–Kier alpha value is -1.56. The van der Waals surface area contributed by atoms with Crippen LogP contribution >= 0.6 is 15.9 Å². The first-order chi connectivity index (χ1) is 7.59. The molecular weight excluding hydrogens is 277 g/mol. The molecule has 82 valence electrons. The number of hydrogen-bond donors (Lipinski definition) is 0. The molecular formula is C10H7BrFN3O. The first kappa shape index (κ1) is 10.9. The number of Topliss-reactive ketones (excluding diaryl/α,β-unsaturated/α-hetero) is 1. The third-order valence-electron chi connectivity index (χ3n) is 2.02. The van der Waals surface area contributed by atoms with Gasteiger partial charge in [-0.2, -0.15) is 0 Å². The normalized spacial score (nSPS) is 10.4. The third-order valence-corrected chi connectivity index (χ3v) is 2.66. The number of halogens is 2. The van der Waals surface area contributed by atoms with Gasteiger partial charge in [-0.15, -0.1) is 5.10 Å². The molecule has 2 aromatic rings. The van der Waals surface area contributed by atoms with Crippen LogP contribution in [0.5, 0.6) is 0 Å². The van der Waals surface area contributed by atoms with Gasteiger partial charge in [-0.05, 0) is 28.1 Å². The van der Waals surface area contributed by atoms with E-state index in [1.54, 1.807) is 12.1 Å². The van der Waals surface area contributed by atoms with Crippen LogP contribution in [0.15, 0.2) is 28.9 Å². The van der Waals surface area contributed by atoms with E-state index in [9.17, 15) is 9.18 Å². The van der Waals surface area contributed by atoms with Crippen LogP contribution in [0.4, 0.5) is 4.39 Å². The van der Waals surface area contributed by atoms with E-state index in [0.717, 1.165) is 0 Å². The molecule has 0 aliphatic carbocycles. The predicted octanol–water partition coefficient (Wildman–Crippen LogP) is 2.37. The molecule has 0 saturated carbocycles. The molecule has 0 fully saturated rings. The fourth-order valence-electron chi connectivity index (χ4n) is 1.24. The smallest absolute Gasteiger partial charge is 0.181 e. The van der Waals surface area contributed by atoms with Gasteiger partial charge in [0.25, 0.3) is 0 Å². The van der Waals surface area contributed by atoms with Gasteiger partial charge in [-0.1, -0.05) is 11.3 Å². The molecule has 2 rings (SSSR count). The summed E-state index contributed by atoms with van der Waals surface area (Å²) >= 11 is 3.22. The molecule has 6 heteroatoms. The zero-order valence-electron chi connectivity index (χ0n) is 8.32. The largest absolute Gasteiger partial charge is 0.293 e. The summed E-state index contributed by atoms with van der Waals surface area (Å²) in [5.74, 6) is -0.645. The number of rotatable bonds is 2. The molecule has 16 heavy (non-hydrogen) atoms. The Morgan fingerprint density at radius 1 is 1.50 bits per heavy atom. The van der Waals surface area contributed by atoms with Crippen LogP contribution in [0.1, 0.15) is 17.4 Å². The summed E-state index contributed by atoms with van der Waals surface area (Å²) in [5.41, 5.74) is 0.442. The number of hydrogen-bond acceptors (Lipinski definition) is 3. The summed E-state index contributed by atoms with van der Waals surface area (Å²) in [7, 11) is 0. The average molecular weight is 284 g/mol. The Morgan fingerprint density at radius 2 is 2.25 bits per heavy atom. The van der Waals surface area contributed by atoms with Gasteiger partial charge in [0, 0.05) is 11.4 Å². The monoisotopic (exact) mass is 283 g/mol. The molecule has 0 bridgehead atoms. The van der Waals surface area contributed by atoms with E-state index in [-0.39, 0.29) is 17.2 Å². The van der Waals surface area contributed by atoms with Crippen molar-refractivity contribution < 1.29 is 9.18 Å². The van der Waals surface area contributed by atoms with E-state index in [1.165, 1.54) is 23.9 Å². The first-order valence-corrected chi connectivity index (χ1v) is 5.26. The number of ketones is 1. The summed E-state index contributed by atoms with van der Waals surface area (Å²) in [6.45, 7) is 1.38. The first-order valence-electron chi connectivity index (χ1n) is 4.47. The van der Waals surface area contributed by atoms with Gasteiger partial charge in [0.1, 0.15) is 17.2 Å². The molecule has 0 aliphatic rings. The SMILES string of the molecule is CC(=O)c1cn(-c2c(F)cccc2Br)nn1. The highest BCUT2D eigenvalue weighted by molar-refractivity contribution is 9.10. The van der Waals surface area contributed by atoms with E-state index in [0.29, 0.717) is 4.47 Å². The summed E-state index contributed by atoms with van der Waals surface area (Å²) in [6, 6.07) is 4.58. The second-order valence-corrected chi connectivity index (χ2v) is 4.03. The second kappa shape index (κ2) is 4.13. The van der Waals surface area contributed by atoms with Crippen LogP contribution in [0.25, 0.3) is 5.69 Å². The Morgan fingerprint density at radius 3 is 2.81 bits per heavy atom. The molecule has 1 aromatic heterocycles. The van der Waals surface area contributed by atoms with Crippen molar-refractivity contribution in [2.45, 2.75) is 6.92 Å². The zero-order chi connectivity index (χ0) is 11.7. The molecule has 0 aliphatic heterocycles. The number of nitrogens with zero attached hydrogens (tertiary/aromatic N) is 3. The van der Waals surface area contributed by atoms with Gasteiger partial charge in [0.15, 0.2) is 5.78 Å². The van der Waals surface area contributed by atoms with Crippen molar-refractivity contribution in [1.29, 1.82) is 0 Å². The lowest BCUT2D eigenvalue weighted by Gasteiger charge is -2.03. The van der Waals surface area contributed by atoms with Crippen molar-refractivity contribution in [2.75, 3.05) is 0 Å². The van der Waals surface area contributed by atoms with E-state index >= 15 is 0 Å². The summed E-state index contributed by atoms with van der Waals surface area (Å²) < 4.78 is 15.3. The molecule has 1 heterocycles. The van der Waals surface area contributed by atoms with Gasteiger partial charge < -0.3 is 0 Å². The minimum atomic E-state index is -0.436. The van der Waals surface area contributed by atoms with E-state index in [4.69, 9.17) is 0 Å². The van der Waals surface area contributed by atoms with Crippen molar-refractivity contribution in [1.82, 2.24) is 15.0 Å². The quantitative estimate of drug-likeness (QED) is 0.795. The van der Waals surface area contributed by atoms with Gasteiger partial charge in [-0.25, -0.2) is 9.07 Å². The molecule has 0 saturated heterocycles. The van der Waals surface area contributed by atoms with Gasteiger partial charge >= 0.3 is 0 Å². The highest BCUT2D eigenvalue weighted by Crippen LogP contribution is 2.23. The molecule has 0 amide bonds. The molecule has 0 radical (unpaired) electrons. The van der Waals surface area contributed by atoms with E-state index < -0.39 is 5.82 Å². The summed E-state index contributed by atoms with van der Waals surface area (Å²) in [4.78, 5) is 11.0. The standard InChI is InChI=1S/C10H7BrFN3O/c1-6(16)9-5-15(14-13-9)10-7(11)3-2-4-8(10)12/h2-5H,1H3. The number of aromatic nitrogens is 3. The molecule has 0 N–H and O–H groups in total. The van der Waals surface area contributed by atoms with E-state index in [1.807, 2.05) is 0 Å². The molecule has 0 unspecified atom stereocenters. The lowest BCUT2D eigenvalue weighted by atomic mass is 10.3. The maximum atomic E-state index is 13.5. The highest BCUT2D eigenvalue weighted by atomic mass is 79.9. The van der Waals surface area contributed by atoms with Crippen LogP contribution in [0, 0.1) is 5.82 Å². The molecule has 0 spiro atoms. The topological polar surface area (TPSA) is 47.8 Å². The highest BCUT2D eigenvalue weighted by Gasteiger charge is 2.12. The summed E-state index contributed by atoms with van der Waals surface area (Å²) in [5, 5.41) is 7.36. The Kier molecular flexibility index (Phi) is 2.82. The van der Waals surface area contributed by atoms with Crippen molar-refractivity contribution in [3.05, 3.63) is 40.4 Å². The minimum absolute atomic E-state index is 0.204. The van der Waals surface area contributed by atoms with Gasteiger partial charge in [0.2, 0.25) is 0 Å². The molecule has 0 atom stereocenters. The van der Waals surface area contributed by atoms with Crippen molar-refractivity contribution in [3.63, 3.8) is 0 Å². The van der Waals surface area contributed by atoms with Crippen LogP contribution in [-0.4, -0.2) is 20.8 Å². The Balaban J connectivity index is 2.54. The third kappa shape index (κ3) is 1.88. The van der Waals surface area contributed by atoms with Crippen molar-refractivity contribution in [2.24, 2.45) is 0 Å². The van der Waals surface area contributed by atoms with Gasteiger partial charge in [-0.3, -0.25) is 4.79 Å². The van der Waals surface area contributed by atoms with Crippen LogP contribution in [0.3, 0.4) is 0 Å². The van der Waals surface area contributed by atoms with Crippen molar-refractivity contribution in [3.8, 4) is 5.69 Å². The number of para-hydroxylation sites is 1. The van der Waals surface area contributed by atoms with Crippen LogP contribution in [-0.2, 0) is 0 Å². The molecule has 4 nitrogen and oxygen atoms in total. The van der Waals surface area contributed by atoms with Gasteiger partial charge in [0.05, 0.1) is 6.20 Å². The minimum Gasteiger partial charge on any atom is -0.293 e. The fourth-order valence-corrected chi connectivity index (χ4v) is 1.77. The lowest BCUT2D eigenvalue weighted by molar-refractivity contribution is 0.101. The van der Waals surface area contributed by atoms with Crippen LogP contribution in [0.2, 0.25) is 0 Å². The number of carbonyl (C=O) groups is 1. The molecule has 1 aromatic carbocycles. The Labute approximate surface area is 99.2 Å². The summed E-state index contributed by atoms with van der Waals surface area (Å²) in [6.07, 6.45) is 1.39. The number of carbonyl (C=O) groups excluding carboxylic acids is 1. The maximum Gasteiger partial charge on any atom is 0.181 e. The predicted molar refractivity (Wildman–Crippen MR) is 59.0 cm³/mol. The fraction of sp³-hybridized carbons (Fsp3) is 0.100. The maximum absolute atomic E-state index is 13.5. The zero-order valence-corrected chi connectivity index (χ0v) is 9.90. The Bertz CT molecular complexity index is 532. The lowest BCUT2D eigenvalue weighted by Crippen LogP contribution is -1.99. The van der Waals surface area contributed by atoms with Crippen molar-refractivity contribution >= 4 is 21.7 Å². The average Bonchev–Trinajstić information content (AvgIpc) is 2.66. The number of benzene rings is 1.